The number of carbonyl (C=O) groups is 1. The van der Waals surface area contributed by atoms with Crippen molar-refractivity contribution < 1.29 is 9.53 Å². The Morgan fingerprint density at radius 2 is 2.06 bits per heavy atom. The largest absolute Gasteiger partial charge is 0.446 e. The first-order chi connectivity index (χ1) is 8.56. The SMILES string of the molecule is Cc1ccccc1N(CCCN)C(=O)OC(C)C. The van der Waals surface area contributed by atoms with Gasteiger partial charge in [-0.3, -0.25) is 4.90 Å². The van der Waals surface area contributed by atoms with Crippen LogP contribution in [-0.4, -0.2) is 25.3 Å². The minimum absolute atomic E-state index is 0.123. The number of nitrogens with two attached hydrogens (primary N) is 1. The highest BCUT2D eigenvalue weighted by atomic mass is 16.6. The molecule has 0 saturated carbocycles. The van der Waals surface area contributed by atoms with Crippen LogP contribution in [0, 0.1) is 6.92 Å². The molecule has 0 spiro atoms. The first-order valence-corrected chi connectivity index (χ1v) is 6.30. The second-order valence-corrected chi connectivity index (χ2v) is 4.51. The maximum atomic E-state index is 12.1. The fourth-order valence-electron chi connectivity index (χ4n) is 1.69. The van der Waals surface area contributed by atoms with Crippen molar-refractivity contribution in [3.05, 3.63) is 29.8 Å². The number of anilines is 1. The smallest absolute Gasteiger partial charge is 0.414 e. The molecule has 4 nitrogen and oxygen atoms in total. The van der Waals surface area contributed by atoms with Gasteiger partial charge < -0.3 is 10.5 Å². The van der Waals surface area contributed by atoms with Crippen LogP contribution >= 0.6 is 0 Å². The number of ether oxygens (including phenoxy) is 1. The standard InChI is InChI=1S/C14H22N2O2/c1-11(2)18-14(17)16(10-6-9-15)13-8-5-4-7-12(13)3/h4-5,7-8,11H,6,9-10,15H2,1-3H3. The molecule has 0 fully saturated rings. The van der Waals surface area contributed by atoms with Gasteiger partial charge >= 0.3 is 6.09 Å². The summed E-state index contributed by atoms with van der Waals surface area (Å²) < 4.78 is 5.26. The van der Waals surface area contributed by atoms with E-state index in [0.717, 1.165) is 17.7 Å². The van der Waals surface area contributed by atoms with E-state index < -0.39 is 0 Å². The predicted molar refractivity (Wildman–Crippen MR) is 73.8 cm³/mol. The Balaban J connectivity index is 2.90. The molecule has 0 aliphatic carbocycles. The third-order valence-electron chi connectivity index (χ3n) is 2.55. The number of rotatable bonds is 5. The number of para-hydroxylation sites is 1. The fraction of sp³-hybridized carbons (Fsp3) is 0.500. The van der Waals surface area contributed by atoms with E-state index in [9.17, 15) is 4.79 Å². The lowest BCUT2D eigenvalue weighted by Gasteiger charge is -2.24. The Bertz CT molecular complexity index is 391. The Kier molecular flexibility index (Phi) is 5.65. The molecule has 2 N–H and O–H groups in total. The van der Waals surface area contributed by atoms with Gasteiger partial charge in [0.15, 0.2) is 0 Å². The molecule has 1 rings (SSSR count). The monoisotopic (exact) mass is 250 g/mol. The van der Waals surface area contributed by atoms with Crippen molar-refractivity contribution in [2.24, 2.45) is 5.73 Å². The molecule has 1 aromatic rings. The molecular weight excluding hydrogens is 228 g/mol. The van der Waals surface area contributed by atoms with E-state index in [1.807, 2.05) is 45.0 Å². The van der Waals surface area contributed by atoms with Crippen molar-refractivity contribution in [2.45, 2.75) is 33.3 Å². The summed E-state index contributed by atoms with van der Waals surface area (Å²) in [6.45, 7) is 6.80. The lowest BCUT2D eigenvalue weighted by Crippen LogP contribution is -2.35. The molecule has 100 valence electrons. The van der Waals surface area contributed by atoms with Crippen LogP contribution in [-0.2, 0) is 4.74 Å². The van der Waals surface area contributed by atoms with Crippen molar-refractivity contribution in [1.29, 1.82) is 0 Å². The third-order valence-corrected chi connectivity index (χ3v) is 2.55. The molecule has 0 unspecified atom stereocenters. The van der Waals surface area contributed by atoms with Crippen molar-refractivity contribution in [3.8, 4) is 0 Å². The first kappa shape index (κ1) is 14.5. The van der Waals surface area contributed by atoms with Gasteiger partial charge in [-0.2, -0.15) is 0 Å². The van der Waals surface area contributed by atoms with Gasteiger partial charge in [-0.05, 0) is 45.4 Å². The highest BCUT2D eigenvalue weighted by molar-refractivity contribution is 5.88. The molecule has 1 amide bonds. The molecule has 0 aliphatic rings. The van der Waals surface area contributed by atoms with Crippen molar-refractivity contribution in [2.75, 3.05) is 18.0 Å². The average Bonchev–Trinajstić information content (AvgIpc) is 2.31. The summed E-state index contributed by atoms with van der Waals surface area (Å²) in [7, 11) is 0. The second-order valence-electron chi connectivity index (χ2n) is 4.51. The summed E-state index contributed by atoms with van der Waals surface area (Å²) in [5, 5.41) is 0. The first-order valence-electron chi connectivity index (χ1n) is 6.30. The van der Waals surface area contributed by atoms with Crippen molar-refractivity contribution in [1.82, 2.24) is 0 Å². The third kappa shape index (κ3) is 4.04. The van der Waals surface area contributed by atoms with Gasteiger partial charge in [-0.1, -0.05) is 18.2 Å². The topological polar surface area (TPSA) is 55.6 Å². The molecule has 1 aromatic carbocycles. The van der Waals surface area contributed by atoms with E-state index in [4.69, 9.17) is 10.5 Å². The van der Waals surface area contributed by atoms with Crippen LogP contribution in [0.2, 0.25) is 0 Å². The Hall–Kier alpha value is -1.55. The molecule has 18 heavy (non-hydrogen) atoms. The zero-order valence-corrected chi connectivity index (χ0v) is 11.3. The second kappa shape index (κ2) is 7.01. The Morgan fingerprint density at radius 1 is 1.39 bits per heavy atom. The number of amides is 1. The number of nitrogens with zero attached hydrogens (tertiary/aromatic N) is 1. The zero-order chi connectivity index (χ0) is 13.5. The zero-order valence-electron chi connectivity index (χ0n) is 11.3. The molecular formula is C14H22N2O2. The molecule has 0 bridgehead atoms. The van der Waals surface area contributed by atoms with E-state index >= 15 is 0 Å². The lowest BCUT2D eigenvalue weighted by atomic mass is 10.2. The highest BCUT2D eigenvalue weighted by Crippen LogP contribution is 2.20. The van der Waals surface area contributed by atoms with Gasteiger partial charge in [0, 0.05) is 12.2 Å². The molecule has 0 atom stereocenters. The van der Waals surface area contributed by atoms with Crippen LogP contribution in [0.1, 0.15) is 25.8 Å². The van der Waals surface area contributed by atoms with Crippen LogP contribution in [0.3, 0.4) is 0 Å². The molecule has 0 aromatic heterocycles. The number of hydrogen-bond acceptors (Lipinski definition) is 3. The molecule has 4 heteroatoms. The van der Waals surface area contributed by atoms with Gasteiger partial charge in [0.2, 0.25) is 0 Å². The van der Waals surface area contributed by atoms with E-state index in [1.54, 1.807) is 4.90 Å². The summed E-state index contributed by atoms with van der Waals surface area (Å²) in [6.07, 6.45) is 0.316. The van der Waals surface area contributed by atoms with Crippen LogP contribution in [0.15, 0.2) is 24.3 Å². The van der Waals surface area contributed by atoms with Gasteiger partial charge in [0.1, 0.15) is 0 Å². The maximum Gasteiger partial charge on any atom is 0.414 e. The minimum Gasteiger partial charge on any atom is -0.446 e. The van der Waals surface area contributed by atoms with Crippen LogP contribution < -0.4 is 10.6 Å². The van der Waals surface area contributed by atoms with E-state index in [0.29, 0.717) is 13.1 Å². The lowest BCUT2D eigenvalue weighted by molar-refractivity contribution is 0.122. The number of hydrogen-bond donors (Lipinski definition) is 1. The molecule has 0 radical (unpaired) electrons. The normalized spacial score (nSPS) is 10.5. The summed E-state index contributed by atoms with van der Waals surface area (Å²) in [5.41, 5.74) is 7.45. The Morgan fingerprint density at radius 3 is 2.61 bits per heavy atom. The van der Waals surface area contributed by atoms with E-state index in [1.165, 1.54) is 0 Å². The quantitative estimate of drug-likeness (QED) is 0.874. The summed E-state index contributed by atoms with van der Waals surface area (Å²) >= 11 is 0. The van der Waals surface area contributed by atoms with Crippen LogP contribution in [0.4, 0.5) is 10.5 Å². The van der Waals surface area contributed by atoms with Crippen LogP contribution in [0.5, 0.6) is 0 Å². The summed E-state index contributed by atoms with van der Waals surface area (Å²) in [4.78, 5) is 13.7. The fourth-order valence-corrected chi connectivity index (χ4v) is 1.69. The predicted octanol–water partition coefficient (Wildman–Crippen LogP) is 2.70. The average molecular weight is 250 g/mol. The van der Waals surface area contributed by atoms with Gasteiger partial charge in [0.05, 0.1) is 6.10 Å². The van der Waals surface area contributed by atoms with E-state index in [2.05, 4.69) is 0 Å². The Labute approximate surface area is 109 Å². The highest BCUT2D eigenvalue weighted by Gasteiger charge is 2.19. The molecule has 0 saturated heterocycles. The van der Waals surface area contributed by atoms with Crippen LogP contribution in [0.25, 0.3) is 0 Å². The van der Waals surface area contributed by atoms with Gasteiger partial charge in [-0.15, -0.1) is 0 Å². The molecule has 0 heterocycles. The summed E-state index contributed by atoms with van der Waals surface area (Å²) in [6, 6.07) is 7.77. The van der Waals surface area contributed by atoms with Crippen molar-refractivity contribution >= 4 is 11.8 Å². The van der Waals surface area contributed by atoms with E-state index in [-0.39, 0.29) is 12.2 Å². The number of aryl methyl sites for hydroxylation is 1. The van der Waals surface area contributed by atoms with Crippen molar-refractivity contribution in [3.63, 3.8) is 0 Å². The molecule has 0 aliphatic heterocycles. The number of benzene rings is 1. The number of carbonyl (C=O) groups excluding carboxylic acids is 1. The van der Waals surface area contributed by atoms with Gasteiger partial charge in [0.25, 0.3) is 0 Å². The maximum absolute atomic E-state index is 12.1. The van der Waals surface area contributed by atoms with Gasteiger partial charge in [-0.25, -0.2) is 4.79 Å². The summed E-state index contributed by atoms with van der Waals surface area (Å²) in [5.74, 6) is 0. The minimum atomic E-state index is -0.312.